The van der Waals surface area contributed by atoms with Crippen molar-refractivity contribution in [1.29, 1.82) is 0 Å². The van der Waals surface area contributed by atoms with Crippen LogP contribution in [-0.4, -0.2) is 13.1 Å². The second-order valence-corrected chi connectivity index (χ2v) is 5.19. The zero-order valence-electron chi connectivity index (χ0n) is 10.6. The smallest absolute Gasteiger partial charge is 0.0934 e. The van der Waals surface area contributed by atoms with E-state index in [-0.39, 0.29) is 5.41 Å². The summed E-state index contributed by atoms with van der Waals surface area (Å²) in [5, 5.41) is 3.49. The van der Waals surface area contributed by atoms with Crippen LogP contribution < -0.4 is 5.32 Å². The molecule has 2 nitrogen and oxygen atoms in total. The van der Waals surface area contributed by atoms with E-state index >= 15 is 0 Å². The first-order chi connectivity index (χ1) is 7.56. The predicted molar refractivity (Wildman–Crippen MR) is 68.4 cm³/mol. The van der Waals surface area contributed by atoms with Gasteiger partial charge in [0.05, 0.1) is 12.5 Å². The minimum absolute atomic E-state index is 0.0960. The molecular formula is C14H23NO. The fourth-order valence-electron chi connectivity index (χ4n) is 1.71. The van der Waals surface area contributed by atoms with Crippen LogP contribution in [0, 0.1) is 11.3 Å². The first-order valence-corrected chi connectivity index (χ1v) is 5.91. The van der Waals surface area contributed by atoms with Gasteiger partial charge >= 0.3 is 0 Å². The third-order valence-corrected chi connectivity index (χ3v) is 2.76. The lowest BCUT2D eigenvalue weighted by Gasteiger charge is -2.26. The highest BCUT2D eigenvalue weighted by molar-refractivity contribution is 5.11. The van der Waals surface area contributed by atoms with Crippen molar-refractivity contribution in [2.24, 2.45) is 11.3 Å². The van der Waals surface area contributed by atoms with Gasteiger partial charge in [0.15, 0.2) is 0 Å². The molecule has 0 saturated heterocycles. The van der Waals surface area contributed by atoms with Crippen molar-refractivity contribution in [2.75, 3.05) is 13.1 Å². The van der Waals surface area contributed by atoms with E-state index in [1.807, 2.05) is 18.4 Å². The topological polar surface area (TPSA) is 25.2 Å². The Morgan fingerprint density at radius 1 is 1.56 bits per heavy atom. The average Bonchev–Trinajstić information content (AvgIpc) is 2.69. The zero-order valence-corrected chi connectivity index (χ0v) is 10.6. The minimum atomic E-state index is 0.0960. The standard InChI is InChI=1S/C14H23NO/c1-5-14(4,11-15-9-12(2)3)8-13-6-7-16-10-13/h5-7,10,12,15H,1,8-9,11H2,2-4H3. The molecule has 16 heavy (non-hydrogen) atoms. The molecule has 1 atom stereocenters. The van der Waals surface area contributed by atoms with Gasteiger partial charge in [-0.1, -0.05) is 26.8 Å². The second kappa shape index (κ2) is 5.90. The van der Waals surface area contributed by atoms with Crippen LogP contribution in [0.15, 0.2) is 35.7 Å². The van der Waals surface area contributed by atoms with Crippen molar-refractivity contribution in [3.05, 3.63) is 36.8 Å². The molecule has 0 bridgehead atoms. The Morgan fingerprint density at radius 3 is 2.81 bits per heavy atom. The maximum atomic E-state index is 5.09. The molecule has 90 valence electrons. The van der Waals surface area contributed by atoms with E-state index in [2.05, 4.69) is 32.7 Å². The van der Waals surface area contributed by atoms with Crippen LogP contribution >= 0.6 is 0 Å². The van der Waals surface area contributed by atoms with Crippen molar-refractivity contribution >= 4 is 0 Å². The van der Waals surface area contributed by atoms with E-state index in [0.29, 0.717) is 5.92 Å². The third kappa shape index (κ3) is 4.23. The molecular weight excluding hydrogens is 198 g/mol. The van der Waals surface area contributed by atoms with E-state index in [0.717, 1.165) is 19.5 Å². The molecule has 2 heteroatoms. The molecule has 0 aromatic carbocycles. The van der Waals surface area contributed by atoms with E-state index in [1.54, 1.807) is 6.26 Å². The van der Waals surface area contributed by atoms with E-state index in [9.17, 15) is 0 Å². The molecule has 0 aliphatic heterocycles. The number of furan rings is 1. The molecule has 0 aliphatic rings. The number of rotatable bonds is 7. The summed E-state index contributed by atoms with van der Waals surface area (Å²) in [5.74, 6) is 0.683. The van der Waals surface area contributed by atoms with Crippen LogP contribution in [0.5, 0.6) is 0 Å². The van der Waals surface area contributed by atoms with Gasteiger partial charge in [-0.3, -0.25) is 0 Å². The molecule has 1 aromatic rings. The Bertz CT molecular complexity index is 303. The Kier molecular flexibility index (Phi) is 4.81. The summed E-state index contributed by atoms with van der Waals surface area (Å²) in [6.45, 7) is 12.6. The molecule has 1 N–H and O–H groups in total. The summed E-state index contributed by atoms with van der Waals surface area (Å²) in [6.07, 6.45) is 6.54. The summed E-state index contributed by atoms with van der Waals surface area (Å²) >= 11 is 0. The van der Waals surface area contributed by atoms with Crippen LogP contribution in [0.2, 0.25) is 0 Å². The van der Waals surface area contributed by atoms with E-state index < -0.39 is 0 Å². The lowest BCUT2D eigenvalue weighted by Crippen LogP contribution is -2.33. The molecule has 1 heterocycles. The molecule has 0 fully saturated rings. The monoisotopic (exact) mass is 221 g/mol. The van der Waals surface area contributed by atoms with Gasteiger partial charge in [0.1, 0.15) is 0 Å². The molecule has 0 amide bonds. The van der Waals surface area contributed by atoms with Crippen molar-refractivity contribution in [1.82, 2.24) is 5.32 Å². The maximum Gasteiger partial charge on any atom is 0.0934 e. The van der Waals surface area contributed by atoms with Crippen molar-refractivity contribution < 1.29 is 4.42 Å². The highest BCUT2D eigenvalue weighted by Gasteiger charge is 2.20. The largest absolute Gasteiger partial charge is 0.472 e. The van der Waals surface area contributed by atoms with E-state index in [1.165, 1.54) is 5.56 Å². The first kappa shape index (κ1) is 13.0. The minimum Gasteiger partial charge on any atom is -0.472 e. The second-order valence-electron chi connectivity index (χ2n) is 5.19. The Balaban J connectivity index is 2.46. The summed E-state index contributed by atoms with van der Waals surface area (Å²) < 4.78 is 5.09. The molecule has 1 aromatic heterocycles. The summed E-state index contributed by atoms with van der Waals surface area (Å²) in [7, 11) is 0. The fourth-order valence-corrected chi connectivity index (χ4v) is 1.71. The van der Waals surface area contributed by atoms with Crippen LogP contribution in [0.4, 0.5) is 0 Å². The third-order valence-electron chi connectivity index (χ3n) is 2.76. The predicted octanol–water partition coefficient (Wildman–Crippen LogP) is 3.26. The Labute approximate surface area is 98.7 Å². The molecule has 0 aliphatic carbocycles. The molecule has 0 spiro atoms. The maximum absolute atomic E-state index is 5.09. The van der Waals surface area contributed by atoms with Crippen LogP contribution in [0.3, 0.4) is 0 Å². The van der Waals surface area contributed by atoms with Gasteiger partial charge < -0.3 is 9.73 Å². The zero-order chi connectivity index (χ0) is 12.0. The SMILES string of the molecule is C=CC(C)(CNCC(C)C)Cc1ccoc1. The Hall–Kier alpha value is -1.02. The number of hydrogen-bond donors (Lipinski definition) is 1. The first-order valence-electron chi connectivity index (χ1n) is 5.91. The molecule has 0 saturated carbocycles. The van der Waals surface area contributed by atoms with Crippen LogP contribution in [0.25, 0.3) is 0 Å². The summed E-state index contributed by atoms with van der Waals surface area (Å²) in [6, 6.07) is 2.02. The van der Waals surface area contributed by atoms with Gasteiger partial charge in [0, 0.05) is 12.0 Å². The van der Waals surface area contributed by atoms with Gasteiger partial charge in [-0.05, 0) is 30.5 Å². The molecule has 1 rings (SSSR count). The van der Waals surface area contributed by atoms with Crippen molar-refractivity contribution in [3.8, 4) is 0 Å². The van der Waals surface area contributed by atoms with Crippen LogP contribution in [0.1, 0.15) is 26.3 Å². The van der Waals surface area contributed by atoms with Crippen molar-refractivity contribution in [2.45, 2.75) is 27.2 Å². The van der Waals surface area contributed by atoms with Crippen molar-refractivity contribution in [3.63, 3.8) is 0 Å². The van der Waals surface area contributed by atoms with Gasteiger partial charge in [-0.25, -0.2) is 0 Å². The lowest BCUT2D eigenvalue weighted by atomic mass is 9.84. The lowest BCUT2D eigenvalue weighted by molar-refractivity contribution is 0.376. The summed E-state index contributed by atoms with van der Waals surface area (Å²) in [5.41, 5.74) is 1.33. The number of nitrogens with one attached hydrogen (secondary N) is 1. The van der Waals surface area contributed by atoms with Gasteiger partial charge in [0.25, 0.3) is 0 Å². The van der Waals surface area contributed by atoms with Gasteiger partial charge in [-0.2, -0.15) is 0 Å². The van der Waals surface area contributed by atoms with Gasteiger partial charge in [0.2, 0.25) is 0 Å². The number of hydrogen-bond acceptors (Lipinski definition) is 2. The fraction of sp³-hybridized carbons (Fsp3) is 0.571. The molecule has 1 unspecified atom stereocenters. The Morgan fingerprint density at radius 2 is 2.31 bits per heavy atom. The van der Waals surface area contributed by atoms with Crippen LogP contribution in [-0.2, 0) is 6.42 Å². The quantitative estimate of drug-likeness (QED) is 0.715. The summed E-state index contributed by atoms with van der Waals surface area (Å²) in [4.78, 5) is 0. The highest BCUT2D eigenvalue weighted by Crippen LogP contribution is 2.23. The highest BCUT2D eigenvalue weighted by atomic mass is 16.3. The average molecular weight is 221 g/mol. The van der Waals surface area contributed by atoms with Gasteiger partial charge in [-0.15, -0.1) is 6.58 Å². The molecule has 0 radical (unpaired) electrons. The van der Waals surface area contributed by atoms with E-state index in [4.69, 9.17) is 4.42 Å². The normalized spacial score (nSPS) is 15.0.